The van der Waals surface area contributed by atoms with E-state index in [0.29, 0.717) is 0 Å². The van der Waals surface area contributed by atoms with Crippen molar-refractivity contribution in [1.29, 1.82) is 0 Å². The fraction of sp³-hybridized carbons (Fsp3) is 1.00. The number of rotatable bonds is 10. The van der Waals surface area contributed by atoms with E-state index >= 15 is 0 Å². The molecule has 0 aromatic rings. The summed E-state index contributed by atoms with van der Waals surface area (Å²) in [5.74, 6) is 0. The van der Waals surface area contributed by atoms with E-state index < -0.39 is 23.4 Å². The van der Waals surface area contributed by atoms with E-state index in [1.54, 1.807) is 0 Å². The molecule has 0 bridgehead atoms. The first kappa shape index (κ1) is 33.1. The van der Waals surface area contributed by atoms with Crippen LogP contribution in [-0.4, -0.2) is 32.9 Å². The first-order valence-corrected chi connectivity index (χ1v) is 25.4. The molecule has 198 valence electrons. The van der Waals surface area contributed by atoms with Crippen LogP contribution in [0.3, 0.4) is 0 Å². The zero-order valence-corrected chi connectivity index (χ0v) is 28.8. The predicted octanol–water partition coefficient (Wildman–Crippen LogP) is 11.4. The van der Waals surface area contributed by atoms with Gasteiger partial charge < -0.3 is 0 Å². The van der Waals surface area contributed by atoms with Gasteiger partial charge in [0.1, 0.15) is 0 Å². The van der Waals surface area contributed by atoms with Gasteiger partial charge in [-0.2, -0.15) is 0 Å². The maximum absolute atomic E-state index is 8.32. The standard InChI is InChI=1S/2C13H29P.2ClH.Pd/c2*1-8-9-10-11-14(12(2,3)4)13(5,6)7;;;/h2*8-11H2,1-7H3;2*1H;. The van der Waals surface area contributed by atoms with Crippen molar-refractivity contribution in [2.75, 3.05) is 12.3 Å². The Kier molecular flexibility index (Phi) is 12.2. The Morgan fingerprint density at radius 3 is 0.871 bits per heavy atom. The van der Waals surface area contributed by atoms with Gasteiger partial charge in [0, 0.05) is 0 Å². The van der Waals surface area contributed by atoms with E-state index in [1.807, 2.05) is 0 Å². The molecular weight excluding hydrogens is 552 g/mol. The predicted molar refractivity (Wildman–Crippen MR) is 156 cm³/mol. The summed E-state index contributed by atoms with van der Waals surface area (Å²) >= 11 is -2.85. The van der Waals surface area contributed by atoms with Crippen molar-refractivity contribution in [3.8, 4) is 0 Å². The fourth-order valence-corrected chi connectivity index (χ4v) is 102. The van der Waals surface area contributed by atoms with E-state index in [9.17, 15) is 0 Å². The van der Waals surface area contributed by atoms with Gasteiger partial charge in [-0.3, -0.25) is 0 Å². The molecule has 0 fully saturated rings. The van der Waals surface area contributed by atoms with Crippen LogP contribution in [0.4, 0.5) is 0 Å². The third kappa shape index (κ3) is 6.27. The third-order valence-corrected chi connectivity index (χ3v) is 70.4. The average Bonchev–Trinajstić information content (AvgIpc) is 2.50. The molecule has 0 nitrogen and oxygen atoms in total. The van der Waals surface area contributed by atoms with E-state index in [0.717, 1.165) is 0 Å². The van der Waals surface area contributed by atoms with Gasteiger partial charge >= 0.3 is 211 Å². The summed E-state index contributed by atoms with van der Waals surface area (Å²) in [5, 5.41) is 0.775. The molecular formula is C26H60Cl2P2Pd. The van der Waals surface area contributed by atoms with Crippen LogP contribution < -0.4 is 0 Å². The number of halogens is 2. The molecule has 0 atom stereocenters. The van der Waals surface area contributed by atoms with Crippen molar-refractivity contribution in [3.63, 3.8) is 0 Å². The maximum atomic E-state index is 8.32. The molecule has 0 spiro atoms. The summed E-state index contributed by atoms with van der Waals surface area (Å²) in [4.78, 5) is 0. The summed E-state index contributed by atoms with van der Waals surface area (Å²) < 4.78 is 0. The van der Waals surface area contributed by atoms with Crippen LogP contribution in [0.2, 0.25) is 0 Å². The molecule has 0 aromatic carbocycles. The van der Waals surface area contributed by atoms with Gasteiger partial charge in [-0.05, 0) is 0 Å². The second-order valence-corrected chi connectivity index (χ2v) is 50.7. The Morgan fingerprint density at radius 2 is 0.710 bits per heavy atom. The summed E-state index contributed by atoms with van der Waals surface area (Å²) in [6, 6.07) is 0. The van der Waals surface area contributed by atoms with Crippen molar-refractivity contribution >= 4 is 30.0 Å². The minimum atomic E-state index is -2.85. The molecule has 0 unspecified atom stereocenters. The SMILES string of the molecule is CCCCC[PH](C(C)(C)C)(C(C)(C)C)[Pd]([Cl])([Cl])[PH](CCCCC)(C(C)(C)C)C(C)(C)C. The van der Waals surface area contributed by atoms with Gasteiger partial charge in [0.15, 0.2) is 0 Å². The Labute approximate surface area is 209 Å². The molecule has 5 heteroatoms. The number of hydrogen-bond acceptors (Lipinski definition) is 0. The Hall–Kier alpha value is 2.10. The van der Waals surface area contributed by atoms with E-state index in [1.165, 1.54) is 50.8 Å². The van der Waals surface area contributed by atoms with Crippen molar-refractivity contribution in [2.24, 2.45) is 0 Å². The first-order chi connectivity index (χ1) is 13.6. The van der Waals surface area contributed by atoms with Crippen LogP contribution in [0.1, 0.15) is 135 Å². The van der Waals surface area contributed by atoms with Crippen LogP contribution in [0.15, 0.2) is 0 Å². The molecule has 0 amide bonds. The zero-order valence-electron chi connectivity index (χ0n) is 23.7. The molecule has 0 rings (SSSR count). The number of unbranched alkanes of at least 4 members (excludes halogenated alkanes) is 4. The van der Waals surface area contributed by atoms with Gasteiger partial charge in [0.05, 0.1) is 0 Å². The molecule has 0 aromatic heterocycles. The van der Waals surface area contributed by atoms with Gasteiger partial charge in [-0.1, -0.05) is 0 Å². The minimum absolute atomic E-state index is 0.194. The van der Waals surface area contributed by atoms with E-state index in [2.05, 4.69) is 96.9 Å². The summed E-state index contributed by atoms with van der Waals surface area (Å²) in [7, 11) is 16.6. The van der Waals surface area contributed by atoms with Crippen LogP contribution in [-0.2, 0) is 12.5 Å². The van der Waals surface area contributed by atoms with Crippen LogP contribution in [0.5, 0.6) is 0 Å². The Bertz CT molecular complexity index is 470. The molecule has 0 saturated heterocycles. The first-order valence-electron chi connectivity index (χ1n) is 12.7. The molecule has 0 N–H and O–H groups in total. The van der Waals surface area contributed by atoms with E-state index in [-0.39, 0.29) is 20.6 Å². The fourth-order valence-electron chi connectivity index (χ4n) is 6.59. The third-order valence-electron chi connectivity index (χ3n) is 7.47. The molecule has 0 heterocycles. The van der Waals surface area contributed by atoms with Crippen molar-refractivity contribution in [3.05, 3.63) is 0 Å². The Balaban J connectivity index is 7.40. The second kappa shape index (κ2) is 11.4. The molecule has 31 heavy (non-hydrogen) atoms. The molecule has 0 aliphatic heterocycles. The second-order valence-electron chi connectivity index (χ2n) is 13.8. The normalized spacial score (nSPS) is 17.0. The molecule has 0 radical (unpaired) electrons. The summed E-state index contributed by atoms with van der Waals surface area (Å²) in [6.45, 7) is 34.7. The van der Waals surface area contributed by atoms with Crippen molar-refractivity contribution in [2.45, 2.75) is 156 Å². The average molecular weight is 612 g/mol. The van der Waals surface area contributed by atoms with E-state index in [4.69, 9.17) is 19.1 Å². The monoisotopic (exact) mass is 610 g/mol. The molecule has 0 aliphatic rings. The van der Waals surface area contributed by atoms with Crippen LogP contribution >= 0.6 is 30.0 Å². The molecule has 0 aliphatic carbocycles. The molecule has 0 saturated carbocycles. The number of hydrogen-bond donors (Lipinski definition) is 0. The topological polar surface area (TPSA) is 0 Å². The van der Waals surface area contributed by atoms with Crippen molar-refractivity contribution < 1.29 is 12.5 Å². The Morgan fingerprint density at radius 1 is 0.484 bits per heavy atom. The van der Waals surface area contributed by atoms with Gasteiger partial charge in [0.25, 0.3) is 0 Å². The van der Waals surface area contributed by atoms with Crippen molar-refractivity contribution in [1.82, 2.24) is 0 Å². The summed E-state index contributed by atoms with van der Waals surface area (Å²) in [5.41, 5.74) is -4.27. The van der Waals surface area contributed by atoms with Crippen LogP contribution in [0, 0.1) is 0 Å². The van der Waals surface area contributed by atoms with Gasteiger partial charge in [0.2, 0.25) is 0 Å². The van der Waals surface area contributed by atoms with Gasteiger partial charge in [-0.25, -0.2) is 0 Å². The summed E-state index contributed by atoms with van der Waals surface area (Å²) in [6.07, 6.45) is 10.3. The quantitative estimate of drug-likeness (QED) is 0.131. The van der Waals surface area contributed by atoms with Gasteiger partial charge in [-0.15, -0.1) is 0 Å². The van der Waals surface area contributed by atoms with Crippen LogP contribution in [0.25, 0.3) is 0 Å². The zero-order chi connectivity index (χ0) is 25.2.